The summed E-state index contributed by atoms with van der Waals surface area (Å²) in [6.07, 6.45) is 1.53. The number of carbonyl (C=O) groups excluding carboxylic acids is 1. The molecule has 0 saturated carbocycles. The highest BCUT2D eigenvalue weighted by atomic mass is 19.3. The van der Waals surface area contributed by atoms with Gasteiger partial charge in [0.25, 0.3) is 0 Å². The minimum absolute atomic E-state index is 0.241. The number of hydrogen-bond donors (Lipinski definition) is 0. The topological polar surface area (TPSA) is 41.8 Å². The summed E-state index contributed by atoms with van der Waals surface area (Å²) in [6, 6.07) is 0. The van der Waals surface area contributed by atoms with E-state index in [9.17, 15) is 13.6 Å². The maximum atomic E-state index is 12.6. The maximum absolute atomic E-state index is 12.6. The van der Waals surface area contributed by atoms with Gasteiger partial charge in [-0.3, -0.25) is 4.79 Å². The zero-order valence-corrected chi connectivity index (χ0v) is 7.42. The summed E-state index contributed by atoms with van der Waals surface area (Å²) in [4.78, 5) is 16.5. The largest absolute Gasteiger partial charge is 0.303 e. The smallest absolute Gasteiger partial charge is 0.298 e. The Kier molecular flexibility index (Phi) is 4.10. The van der Waals surface area contributed by atoms with Crippen LogP contribution in [0.2, 0.25) is 0 Å². The predicted octanol–water partition coefficient (Wildman–Crippen LogP) is 1.84. The number of alkyl halides is 2. The third-order valence-electron chi connectivity index (χ3n) is 1.12. The standard InChI is InChI=1S/C8H10F2N2O/c1-6(5-13)4-12-7(11-3)8(2,9)10/h4-5H,3H2,1-2H3/b6-4+,12-7-. The molecular formula is C8H10F2N2O. The third-order valence-corrected chi connectivity index (χ3v) is 1.12. The van der Waals surface area contributed by atoms with Crippen molar-refractivity contribution in [1.29, 1.82) is 0 Å². The van der Waals surface area contributed by atoms with E-state index in [1.807, 2.05) is 0 Å². The second kappa shape index (κ2) is 4.59. The molecule has 72 valence electrons. The zero-order chi connectivity index (χ0) is 10.5. The summed E-state index contributed by atoms with van der Waals surface area (Å²) >= 11 is 0. The third kappa shape index (κ3) is 4.25. The maximum Gasteiger partial charge on any atom is 0.303 e. The van der Waals surface area contributed by atoms with Crippen LogP contribution in [0.4, 0.5) is 8.78 Å². The lowest BCUT2D eigenvalue weighted by atomic mass is 10.3. The van der Waals surface area contributed by atoms with Crippen LogP contribution in [0.3, 0.4) is 0 Å². The molecule has 0 unspecified atom stereocenters. The van der Waals surface area contributed by atoms with Gasteiger partial charge < -0.3 is 0 Å². The van der Waals surface area contributed by atoms with Crippen molar-refractivity contribution in [2.45, 2.75) is 19.8 Å². The van der Waals surface area contributed by atoms with E-state index in [0.717, 1.165) is 6.20 Å². The molecule has 0 saturated heterocycles. The molecule has 0 atom stereocenters. The van der Waals surface area contributed by atoms with Crippen molar-refractivity contribution >= 4 is 18.8 Å². The summed E-state index contributed by atoms with van der Waals surface area (Å²) in [5.41, 5.74) is 0.241. The quantitative estimate of drug-likeness (QED) is 0.288. The first-order valence-electron chi connectivity index (χ1n) is 3.46. The predicted molar refractivity (Wildman–Crippen MR) is 47.4 cm³/mol. The highest BCUT2D eigenvalue weighted by molar-refractivity contribution is 5.92. The van der Waals surface area contributed by atoms with Crippen molar-refractivity contribution in [3.63, 3.8) is 0 Å². The summed E-state index contributed by atoms with van der Waals surface area (Å²) in [5.74, 6) is -3.84. The van der Waals surface area contributed by atoms with E-state index >= 15 is 0 Å². The number of halogens is 2. The van der Waals surface area contributed by atoms with E-state index < -0.39 is 11.8 Å². The van der Waals surface area contributed by atoms with Gasteiger partial charge in [0.15, 0.2) is 5.84 Å². The SMILES string of the molecule is C=N/C(=N\C=C(/C)C=O)C(C)(F)F. The fourth-order valence-electron chi connectivity index (χ4n) is 0.486. The van der Waals surface area contributed by atoms with Gasteiger partial charge in [0, 0.05) is 18.7 Å². The lowest BCUT2D eigenvalue weighted by molar-refractivity contribution is -0.104. The van der Waals surface area contributed by atoms with Crippen LogP contribution in [-0.4, -0.2) is 24.8 Å². The minimum atomic E-state index is -3.14. The molecule has 0 aliphatic heterocycles. The number of amidine groups is 1. The van der Waals surface area contributed by atoms with E-state index in [-0.39, 0.29) is 5.57 Å². The molecule has 0 aliphatic carbocycles. The molecule has 0 rings (SSSR count). The molecule has 0 aliphatic rings. The molecule has 0 spiro atoms. The Hall–Kier alpha value is -1.39. The van der Waals surface area contributed by atoms with Crippen molar-refractivity contribution < 1.29 is 13.6 Å². The number of aldehydes is 1. The van der Waals surface area contributed by atoms with Crippen LogP contribution in [0.25, 0.3) is 0 Å². The average Bonchev–Trinajstić information content (AvgIpc) is 2.02. The first kappa shape index (κ1) is 11.6. The average molecular weight is 188 g/mol. The summed E-state index contributed by atoms with van der Waals surface area (Å²) in [6.45, 7) is 5.06. The van der Waals surface area contributed by atoms with E-state index in [1.54, 1.807) is 0 Å². The molecular weight excluding hydrogens is 178 g/mol. The van der Waals surface area contributed by atoms with E-state index in [1.165, 1.54) is 6.92 Å². The Bertz CT molecular complexity index is 264. The number of nitrogens with zero attached hydrogens (tertiary/aromatic N) is 2. The van der Waals surface area contributed by atoms with Crippen molar-refractivity contribution in [3.8, 4) is 0 Å². The summed E-state index contributed by atoms with van der Waals surface area (Å²) in [5, 5.41) is 0. The van der Waals surface area contributed by atoms with Gasteiger partial charge in [-0.05, 0) is 13.6 Å². The molecule has 0 heterocycles. The normalized spacial score (nSPS) is 14.2. The summed E-state index contributed by atoms with van der Waals surface area (Å²) < 4.78 is 25.1. The van der Waals surface area contributed by atoms with Gasteiger partial charge in [-0.15, -0.1) is 0 Å². The van der Waals surface area contributed by atoms with Crippen molar-refractivity contribution in [1.82, 2.24) is 0 Å². The van der Waals surface area contributed by atoms with E-state index in [4.69, 9.17) is 0 Å². The molecule has 0 amide bonds. The molecule has 5 heteroatoms. The summed E-state index contributed by atoms with van der Waals surface area (Å²) in [7, 11) is 0. The molecule has 0 aromatic heterocycles. The van der Waals surface area contributed by atoms with Crippen molar-refractivity contribution in [2.24, 2.45) is 9.98 Å². The van der Waals surface area contributed by atoms with Crippen LogP contribution in [0.5, 0.6) is 0 Å². The Morgan fingerprint density at radius 3 is 2.38 bits per heavy atom. The highest BCUT2D eigenvalue weighted by Gasteiger charge is 2.28. The Labute approximate surface area is 74.9 Å². The number of allylic oxidation sites excluding steroid dienone is 1. The molecule has 13 heavy (non-hydrogen) atoms. The number of hydrogen-bond acceptors (Lipinski definition) is 2. The van der Waals surface area contributed by atoms with Crippen LogP contribution in [0.15, 0.2) is 21.8 Å². The van der Waals surface area contributed by atoms with Gasteiger partial charge in [-0.25, -0.2) is 9.98 Å². The van der Waals surface area contributed by atoms with Gasteiger partial charge >= 0.3 is 5.92 Å². The fourth-order valence-corrected chi connectivity index (χ4v) is 0.486. The highest BCUT2D eigenvalue weighted by Crippen LogP contribution is 2.15. The van der Waals surface area contributed by atoms with Crippen LogP contribution in [-0.2, 0) is 4.79 Å². The van der Waals surface area contributed by atoms with Crippen LogP contribution < -0.4 is 0 Å². The van der Waals surface area contributed by atoms with E-state index in [2.05, 4.69) is 16.7 Å². The number of carbonyl (C=O) groups is 1. The van der Waals surface area contributed by atoms with Crippen molar-refractivity contribution in [2.75, 3.05) is 0 Å². The molecule has 3 nitrogen and oxygen atoms in total. The van der Waals surface area contributed by atoms with Gasteiger partial charge in [-0.2, -0.15) is 8.78 Å². The van der Waals surface area contributed by atoms with Crippen LogP contribution in [0, 0.1) is 0 Å². The van der Waals surface area contributed by atoms with Gasteiger partial charge in [0.05, 0.1) is 0 Å². The van der Waals surface area contributed by atoms with Crippen LogP contribution >= 0.6 is 0 Å². The number of rotatable bonds is 3. The number of aliphatic imine (C=N–C) groups is 2. The Morgan fingerprint density at radius 2 is 2.08 bits per heavy atom. The zero-order valence-electron chi connectivity index (χ0n) is 7.42. The monoisotopic (exact) mass is 188 g/mol. The Morgan fingerprint density at radius 1 is 1.54 bits per heavy atom. The molecule has 0 radical (unpaired) electrons. The minimum Gasteiger partial charge on any atom is -0.298 e. The van der Waals surface area contributed by atoms with Gasteiger partial charge in [0.2, 0.25) is 0 Å². The lowest BCUT2D eigenvalue weighted by Crippen LogP contribution is -2.21. The second-order valence-electron chi connectivity index (χ2n) is 2.49. The fraction of sp³-hybridized carbons (Fsp3) is 0.375. The van der Waals surface area contributed by atoms with Gasteiger partial charge in [0.1, 0.15) is 6.29 Å². The van der Waals surface area contributed by atoms with Gasteiger partial charge in [-0.1, -0.05) is 0 Å². The first-order chi connectivity index (χ1) is 5.91. The van der Waals surface area contributed by atoms with Crippen LogP contribution in [0.1, 0.15) is 13.8 Å². The molecule has 0 aromatic carbocycles. The second-order valence-corrected chi connectivity index (χ2v) is 2.49. The molecule has 0 N–H and O–H groups in total. The van der Waals surface area contributed by atoms with E-state index in [0.29, 0.717) is 13.2 Å². The molecule has 0 aromatic rings. The molecule has 0 bridgehead atoms. The lowest BCUT2D eigenvalue weighted by Gasteiger charge is -2.07. The Balaban J connectivity index is 4.79. The molecule has 0 fully saturated rings. The first-order valence-corrected chi connectivity index (χ1v) is 3.46. The van der Waals surface area contributed by atoms with Crippen molar-refractivity contribution in [3.05, 3.63) is 11.8 Å².